The quantitative estimate of drug-likeness (QED) is 0.245. The first kappa shape index (κ1) is 28.6. The first-order chi connectivity index (χ1) is 19.0. The Morgan fingerprint density at radius 3 is 2.54 bits per heavy atom. The van der Waals surface area contributed by atoms with Crippen LogP contribution in [0, 0.1) is 5.92 Å². The molecule has 5 rings (SSSR count). The highest BCUT2D eigenvalue weighted by molar-refractivity contribution is 8.11. The van der Waals surface area contributed by atoms with Gasteiger partial charge in [0, 0.05) is 41.2 Å². The van der Waals surface area contributed by atoms with Gasteiger partial charge in [0.2, 0.25) is 11.9 Å². The van der Waals surface area contributed by atoms with E-state index in [2.05, 4.69) is 27.5 Å². The Balaban J connectivity index is 0.00000172. The van der Waals surface area contributed by atoms with Crippen LogP contribution < -0.4 is 20.7 Å². The molecule has 39 heavy (non-hydrogen) atoms. The number of fused-ring (bicyclic) bond motifs is 1. The highest BCUT2D eigenvalue weighted by atomic mass is 32.2. The zero-order chi connectivity index (χ0) is 27.8. The van der Waals surface area contributed by atoms with Gasteiger partial charge in [-0.05, 0) is 69.2 Å². The van der Waals surface area contributed by atoms with Gasteiger partial charge in [0.15, 0.2) is 0 Å². The smallest absolute Gasteiger partial charge is 0.227 e. The second-order valence-corrected chi connectivity index (χ2v) is 11.0. The van der Waals surface area contributed by atoms with Crippen molar-refractivity contribution in [1.29, 1.82) is 0 Å². The van der Waals surface area contributed by atoms with E-state index in [1.165, 1.54) is 11.8 Å². The molecule has 0 spiro atoms. The van der Waals surface area contributed by atoms with Crippen LogP contribution in [0.15, 0.2) is 65.9 Å². The number of thioether (sulfide) groups is 1. The first-order valence-corrected chi connectivity index (χ1v) is 14.6. The van der Waals surface area contributed by atoms with E-state index in [1.807, 2.05) is 70.2 Å². The molecule has 2 aliphatic rings. The molecule has 0 radical (unpaired) electrons. The second-order valence-electron chi connectivity index (χ2n) is 9.66. The van der Waals surface area contributed by atoms with Crippen LogP contribution in [-0.4, -0.2) is 35.0 Å². The van der Waals surface area contributed by atoms with E-state index in [0.29, 0.717) is 12.0 Å². The molecule has 1 saturated heterocycles. The average Bonchev–Trinajstić information content (AvgIpc) is 3.81. The minimum atomic E-state index is 0.0900. The summed E-state index contributed by atoms with van der Waals surface area (Å²) in [6.45, 7) is 14.0. The van der Waals surface area contributed by atoms with E-state index < -0.39 is 0 Å². The summed E-state index contributed by atoms with van der Waals surface area (Å²) in [6, 6.07) is 14.0. The summed E-state index contributed by atoms with van der Waals surface area (Å²) in [7, 11) is 0. The normalized spacial score (nSPS) is 17.4. The molecule has 1 aliphatic carbocycles. The third kappa shape index (κ3) is 7.61. The number of benzene rings is 2. The Morgan fingerprint density at radius 2 is 1.85 bits per heavy atom. The molecule has 1 unspecified atom stereocenters. The fourth-order valence-corrected chi connectivity index (χ4v) is 5.20. The molecule has 0 bridgehead atoms. The van der Waals surface area contributed by atoms with Crippen molar-refractivity contribution < 1.29 is 9.53 Å². The number of amides is 1. The lowest BCUT2D eigenvalue weighted by molar-refractivity contribution is -0.117. The predicted molar refractivity (Wildman–Crippen MR) is 164 cm³/mol. The maximum atomic E-state index is 12.4. The van der Waals surface area contributed by atoms with Crippen LogP contribution in [0.25, 0.3) is 15.7 Å². The Morgan fingerprint density at radius 1 is 1.08 bits per heavy atom. The van der Waals surface area contributed by atoms with Crippen LogP contribution >= 0.6 is 11.8 Å². The number of carbonyl (C=O) groups excluding carboxylic acids is 1. The summed E-state index contributed by atoms with van der Waals surface area (Å²) in [5, 5.41) is 11.9. The molecule has 3 N–H and O–H groups in total. The predicted octanol–water partition coefficient (Wildman–Crippen LogP) is 7.20. The van der Waals surface area contributed by atoms with Gasteiger partial charge >= 0.3 is 0 Å². The maximum Gasteiger partial charge on any atom is 0.227 e. The lowest BCUT2D eigenvalue weighted by Gasteiger charge is -2.24. The monoisotopic (exact) mass is 545 g/mol. The van der Waals surface area contributed by atoms with E-state index in [0.717, 1.165) is 82.2 Å². The van der Waals surface area contributed by atoms with Crippen LogP contribution in [0.1, 0.15) is 59.1 Å². The maximum absolute atomic E-state index is 12.4. The zero-order valence-electron chi connectivity index (χ0n) is 23.3. The number of nitrogens with one attached hydrogen (secondary N) is 3. The zero-order valence-corrected chi connectivity index (χ0v) is 24.2. The van der Waals surface area contributed by atoms with Crippen LogP contribution in [0.2, 0.25) is 0 Å². The molecule has 1 aliphatic heterocycles. The number of piperidine rings is 1. The van der Waals surface area contributed by atoms with Crippen molar-refractivity contribution in [3.05, 3.63) is 71.6 Å². The summed E-state index contributed by atoms with van der Waals surface area (Å²) >= 11 is 1.53. The first-order valence-electron chi connectivity index (χ1n) is 13.8. The van der Waals surface area contributed by atoms with Crippen LogP contribution in [0.3, 0.4) is 0 Å². The molecule has 1 saturated carbocycles. The molecule has 2 fully saturated rings. The van der Waals surface area contributed by atoms with Gasteiger partial charge in [-0.3, -0.25) is 4.79 Å². The minimum absolute atomic E-state index is 0.0900. The number of aromatic nitrogens is 2. The number of hydrogen-bond acceptors (Lipinski definition) is 7. The van der Waals surface area contributed by atoms with Crippen molar-refractivity contribution in [3.8, 4) is 5.75 Å². The van der Waals surface area contributed by atoms with Crippen molar-refractivity contribution in [2.24, 2.45) is 5.92 Å². The summed E-state index contributed by atoms with van der Waals surface area (Å²) in [6.07, 6.45) is 5.94. The van der Waals surface area contributed by atoms with Crippen LogP contribution in [0.4, 0.5) is 11.6 Å². The molecule has 7 nitrogen and oxygen atoms in total. The second kappa shape index (κ2) is 13.6. The van der Waals surface area contributed by atoms with E-state index in [9.17, 15) is 4.79 Å². The summed E-state index contributed by atoms with van der Waals surface area (Å²) in [5.41, 5.74) is 1.59. The van der Waals surface area contributed by atoms with Gasteiger partial charge in [0.05, 0.1) is 10.6 Å². The van der Waals surface area contributed by atoms with Crippen LogP contribution in [-0.2, 0) is 4.79 Å². The third-order valence-corrected chi connectivity index (χ3v) is 7.52. The van der Waals surface area contributed by atoms with E-state index in [1.54, 1.807) is 6.20 Å². The standard InChI is InChI=1S/C29H33N5O2S.C2H6/c1-18(2)37-27(25-14-16-31-29(34-25)32-21-7-6-15-30-17-21)19(3)36-26-13-12-24(33-28(35)20-10-11-20)22-8-4-5-9-23(22)26;1-2/h4-5,8-9,12-14,16,20-21,30H,1,6-7,10-11,15,17H2,2-3H3,(H,33,35)(H,31,32,34);1-2H3/b27-19+;. The fourth-order valence-electron chi connectivity index (χ4n) is 4.45. The average molecular weight is 546 g/mol. The van der Waals surface area contributed by atoms with Gasteiger partial charge in [0.25, 0.3) is 0 Å². The summed E-state index contributed by atoms with van der Waals surface area (Å²) < 4.78 is 6.47. The Kier molecular flexibility index (Phi) is 10.0. The number of rotatable bonds is 9. The number of anilines is 2. The number of hydrogen-bond donors (Lipinski definition) is 3. The molecular formula is C31H39N5O2S. The lowest BCUT2D eigenvalue weighted by atomic mass is 10.1. The van der Waals surface area contributed by atoms with Crippen molar-refractivity contribution in [2.75, 3.05) is 23.7 Å². The van der Waals surface area contributed by atoms with Gasteiger partial charge in [-0.2, -0.15) is 0 Å². The van der Waals surface area contributed by atoms with Crippen molar-refractivity contribution in [2.45, 2.75) is 59.4 Å². The van der Waals surface area contributed by atoms with E-state index in [4.69, 9.17) is 9.72 Å². The molecule has 1 aromatic heterocycles. The lowest BCUT2D eigenvalue weighted by Crippen LogP contribution is -2.38. The largest absolute Gasteiger partial charge is 0.460 e. The number of ether oxygens (including phenoxy) is 1. The number of carbonyl (C=O) groups is 1. The molecule has 2 aromatic carbocycles. The molecule has 3 aromatic rings. The van der Waals surface area contributed by atoms with Gasteiger partial charge in [-0.1, -0.05) is 56.5 Å². The van der Waals surface area contributed by atoms with Crippen molar-refractivity contribution in [1.82, 2.24) is 15.3 Å². The molecule has 1 atom stereocenters. The van der Waals surface area contributed by atoms with Crippen molar-refractivity contribution >= 4 is 45.0 Å². The van der Waals surface area contributed by atoms with Gasteiger partial charge in [0.1, 0.15) is 11.5 Å². The molecule has 206 valence electrons. The summed E-state index contributed by atoms with van der Waals surface area (Å²) in [5.74, 6) is 2.28. The highest BCUT2D eigenvalue weighted by Crippen LogP contribution is 2.39. The molecule has 2 heterocycles. The SMILES string of the molecule is C=C(C)S/C(=C(\C)Oc1ccc(NC(=O)C2CC2)c2ccccc12)c1ccnc(NC2CCCNC2)n1.CC. The van der Waals surface area contributed by atoms with Gasteiger partial charge in [-0.15, -0.1) is 0 Å². The van der Waals surface area contributed by atoms with Gasteiger partial charge < -0.3 is 20.7 Å². The van der Waals surface area contributed by atoms with Gasteiger partial charge in [-0.25, -0.2) is 9.97 Å². The molecule has 1 amide bonds. The van der Waals surface area contributed by atoms with Crippen molar-refractivity contribution in [3.63, 3.8) is 0 Å². The molecule has 8 heteroatoms. The number of allylic oxidation sites excluding steroid dienone is 2. The Hall–Kier alpha value is -3.36. The topological polar surface area (TPSA) is 88.2 Å². The molecular weight excluding hydrogens is 506 g/mol. The summed E-state index contributed by atoms with van der Waals surface area (Å²) in [4.78, 5) is 23.5. The highest BCUT2D eigenvalue weighted by Gasteiger charge is 2.30. The Bertz CT molecular complexity index is 1350. The Labute approximate surface area is 235 Å². The minimum Gasteiger partial charge on any atom is -0.460 e. The van der Waals surface area contributed by atoms with E-state index in [-0.39, 0.29) is 11.8 Å². The number of nitrogens with zero attached hydrogens (tertiary/aromatic N) is 2. The third-order valence-electron chi connectivity index (χ3n) is 6.47. The van der Waals surface area contributed by atoms with Crippen LogP contribution in [0.5, 0.6) is 5.75 Å². The van der Waals surface area contributed by atoms with E-state index >= 15 is 0 Å². The fraction of sp³-hybridized carbons (Fsp3) is 0.387.